The number of piperidine rings is 1. The van der Waals surface area contributed by atoms with Crippen LogP contribution in [-0.4, -0.2) is 30.4 Å². The van der Waals surface area contributed by atoms with E-state index in [1.807, 2.05) is 0 Å². The summed E-state index contributed by atoms with van der Waals surface area (Å²) < 4.78 is 27.0. The molecule has 2 aromatic rings. The predicted molar refractivity (Wildman–Crippen MR) is 105 cm³/mol. The van der Waals surface area contributed by atoms with Crippen molar-refractivity contribution in [2.45, 2.75) is 38.5 Å². The molecule has 1 aliphatic heterocycles. The average Bonchev–Trinajstić information content (AvgIpc) is 2.66. The van der Waals surface area contributed by atoms with Gasteiger partial charge in [0.25, 0.3) is 0 Å². The molecule has 0 bridgehead atoms. The molecular formula is C22H26F2N2O. The maximum atomic E-state index is 14.0. The standard InChI is InChI=1S/C22H26F2N2O/c23-18-10-11-20(21(24)16-18)17-7-6-8-19(15-17)25-22(27)9-2-5-14-26-12-3-1-4-13-26/h6-8,10-11,15-16H,1-5,9,12-14H2,(H,25,27). The summed E-state index contributed by atoms with van der Waals surface area (Å²) in [5.74, 6) is -1.26. The molecule has 3 rings (SSSR count). The Morgan fingerprint density at radius 3 is 2.59 bits per heavy atom. The molecule has 0 atom stereocenters. The zero-order valence-corrected chi connectivity index (χ0v) is 15.5. The maximum absolute atomic E-state index is 14.0. The highest BCUT2D eigenvalue weighted by Crippen LogP contribution is 2.26. The third kappa shape index (κ3) is 5.86. The van der Waals surface area contributed by atoms with Crippen LogP contribution in [0.3, 0.4) is 0 Å². The monoisotopic (exact) mass is 372 g/mol. The molecule has 0 aliphatic carbocycles. The minimum absolute atomic E-state index is 0.0367. The minimum atomic E-state index is -0.615. The molecule has 1 aliphatic rings. The molecule has 0 unspecified atom stereocenters. The minimum Gasteiger partial charge on any atom is -0.326 e. The van der Waals surface area contributed by atoms with Gasteiger partial charge in [-0.15, -0.1) is 0 Å². The van der Waals surface area contributed by atoms with Crippen LogP contribution < -0.4 is 5.32 Å². The van der Waals surface area contributed by atoms with Gasteiger partial charge in [-0.2, -0.15) is 0 Å². The first-order valence-corrected chi connectivity index (χ1v) is 9.69. The Kier molecular flexibility index (Phi) is 6.93. The summed E-state index contributed by atoms with van der Waals surface area (Å²) in [4.78, 5) is 14.6. The Morgan fingerprint density at radius 1 is 1.00 bits per heavy atom. The van der Waals surface area contributed by atoms with Crippen LogP contribution in [0.25, 0.3) is 11.1 Å². The molecule has 0 aromatic heterocycles. The summed E-state index contributed by atoms with van der Waals surface area (Å²) >= 11 is 0. The molecule has 27 heavy (non-hydrogen) atoms. The lowest BCUT2D eigenvalue weighted by atomic mass is 10.0. The van der Waals surface area contributed by atoms with Crippen molar-refractivity contribution in [3.05, 3.63) is 54.1 Å². The summed E-state index contributed by atoms with van der Waals surface area (Å²) in [6.45, 7) is 3.42. The number of unbranched alkanes of at least 4 members (excludes halogenated alkanes) is 1. The molecule has 1 amide bonds. The van der Waals surface area contributed by atoms with Crippen LogP contribution in [0, 0.1) is 11.6 Å². The highest BCUT2D eigenvalue weighted by molar-refractivity contribution is 5.91. The number of rotatable bonds is 7. The largest absolute Gasteiger partial charge is 0.326 e. The van der Waals surface area contributed by atoms with Gasteiger partial charge in [-0.05, 0) is 75.1 Å². The zero-order valence-electron chi connectivity index (χ0n) is 15.5. The van der Waals surface area contributed by atoms with Gasteiger partial charge in [0.2, 0.25) is 5.91 Å². The lowest BCUT2D eigenvalue weighted by Gasteiger charge is -2.26. The molecule has 2 aromatic carbocycles. The van der Waals surface area contributed by atoms with Crippen LogP contribution >= 0.6 is 0 Å². The first-order valence-electron chi connectivity index (χ1n) is 9.69. The second-order valence-electron chi connectivity index (χ2n) is 7.11. The van der Waals surface area contributed by atoms with Crippen LogP contribution in [0.2, 0.25) is 0 Å². The third-order valence-corrected chi connectivity index (χ3v) is 4.97. The first kappa shape index (κ1) is 19.5. The van der Waals surface area contributed by atoms with E-state index in [4.69, 9.17) is 0 Å². The normalized spacial score (nSPS) is 14.9. The van der Waals surface area contributed by atoms with Gasteiger partial charge in [0.15, 0.2) is 0 Å². The number of nitrogens with zero attached hydrogens (tertiary/aromatic N) is 1. The van der Waals surface area contributed by atoms with Crippen molar-refractivity contribution in [2.24, 2.45) is 0 Å². The molecular weight excluding hydrogens is 346 g/mol. The van der Waals surface area contributed by atoms with Gasteiger partial charge in [-0.3, -0.25) is 4.79 Å². The van der Waals surface area contributed by atoms with Crippen LogP contribution in [0.1, 0.15) is 38.5 Å². The summed E-state index contributed by atoms with van der Waals surface area (Å²) in [5.41, 5.74) is 1.54. The summed E-state index contributed by atoms with van der Waals surface area (Å²) in [6.07, 6.45) is 6.25. The van der Waals surface area contributed by atoms with Crippen LogP contribution in [-0.2, 0) is 4.79 Å². The van der Waals surface area contributed by atoms with Crippen molar-refractivity contribution in [2.75, 3.05) is 25.0 Å². The number of halogens is 2. The Morgan fingerprint density at radius 2 is 1.81 bits per heavy atom. The smallest absolute Gasteiger partial charge is 0.224 e. The van der Waals surface area contributed by atoms with Gasteiger partial charge in [-0.25, -0.2) is 8.78 Å². The fourth-order valence-electron chi connectivity index (χ4n) is 3.52. The van der Waals surface area contributed by atoms with Crippen molar-refractivity contribution < 1.29 is 13.6 Å². The van der Waals surface area contributed by atoms with Gasteiger partial charge < -0.3 is 10.2 Å². The number of nitrogens with one attached hydrogen (secondary N) is 1. The number of anilines is 1. The average molecular weight is 372 g/mol. The van der Waals surface area contributed by atoms with Crippen LogP contribution in [0.4, 0.5) is 14.5 Å². The molecule has 0 spiro atoms. The topological polar surface area (TPSA) is 32.3 Å². The number of benzene rings is 2. The quantitative estimate of drug-likeness (QED) is 0.675. The van der Waals surface area contributed by atoms with Gasteiger partial charge in [0.1, 0.15) is 11.6 Å². The molecule has 1 saturated heterocycles. The van der Waals surface area contributed by atoms with Crippen LogP contribution in [0.5, 0.6) is 0 Å². The number of likely N-dealkylation sites (tertiary alicyclic amines) is 1. The van der Waals surface area contributed by atoms with E-state index in [1.54, 1.807) is 24.3 Å². The van der Waals surface area contributed by atoms with Crippen molar-refractivity contribution in [1.82, 2.24) is 4.90 Å². The maximum Gasteiger partial charge on any atom is 0.224 e. The third-order valence-electron chi connectivity index (χ3n) is 4.97. The summed E-state index contributed by atoms with van der Waals surface area (Å²) in [7, 11) is 0. The van der Waals surface area contributed by atoms with E-state index < -0.39 is 11.6 Å². The van der Waals surface area contributed by atoms with E-state index in [-0.39, 0.29) is 5.91 Å². The lowest BCUT2D eigenvalue weighted by molar-refractivity contribution is -0.116. The molecule has 144 valence electrons. The van der Waals surface area contributed by atoms with E-state index in [9.17, 15) is 13.6 Å². The molecule has 0 radical (unpaired) electrons. The van der Waals surface area contributed by atoms with Gasteiger partial charge in [0, 0.05) is 23.7 Å². The van der Waals surface area contributed by atoms with Crippen molar-refractivity contribution in [1.29, 1.82) is 0 Å². The Hall–Kier alpha value is -2.27. The second kappa shape index (κ2) is 9.60. The highest BCUT2D eigenvalue weighted by Gasteiger charge is 2.11. The summed E-state index contributed by atoms with van der Waals surface area (Å²) in [5, 5.41) is 2.87. The van der Waals surface area contributed by atoms with E-state index in [1.165, 1.54) is 44.5 Å². The van der Waals surface area contributed by atoms with Gasteiger partial charge >= 0.3 is 0 Å². The molecule has 1 N–H and O–H groups in total. The Bertz CT molecular complexity index is 773. The number of hydrogen-bond donors (Lipinski definition) is 1. The van der Waals surface area contributed by atoms with E-state index in [2.05, 4.69) is 10.2 Å². The number of amides is 1. The first-order chi connectivity index (χ1) is 13.1. The number of carbonyl (C=O) groups is 1. The fraction of sp³-hybridized carbons (Fsp3) is 0.409. The fourth-order valence-corrected chi connectivity index (χ4v) is 3.52. The number of carbonyl (C=O) groups excluding carboxylic acids is 1. The molecule has 1 fully saturated rings. The van der Waals surface area contributed by atoms with E-state index in [0.29, 0.717) is 23.2 Å². The zero-order chi connectivity index (χ0) is 19.1. The highest BCUT2D eigenvalue weighted by atomic mass is 19.1. The van der Waals surface area contributed by atoms with Gasteiger partial charge in [0.05, 0.1) is 0 Å². The SMILES string of the molecule is O=C(CCCCN1CCCCC1)Nc1cccc(-c2ccc(F)cc2F)c1. The lowest BCUT2D eigenvalue weighted by Crippen LogP contribution is -2.30. The molecule has 0 saturated carbocycles. The van der Waals surface area contributed by atoms with E-state index in [0.717, 1.165) is 25.5 Å². The molecule has 5 heteroatoms. The van der Waals surface area contributed by atoms with Crippen LogP contribution in [0.15, 0.2) is 42.5 Å². The molecule has 3 nitrogen and oxygen atoms in total. The van der Waals surface area contributed by atoms with Crippen molar-refractivity contribution >= 4 is 11.6 Å². The Labute approximate surface area is 159 Å². The Balaban J connectivity index is 1.49. The molecule has 1 heterocycles. The predicted octanol–water partition coefficient (Wildman–Crippen LogP) is 5.23. The van der Waals surface area contributed by atoms with Gasteiger partial charge in [-0.1, -0.05) is 18.6 Å². The van der Waals surface area contributed by atoms with E-state index >= 15 is 0 Å². The summed E-state index contributed by atoms with van der Waals surface area (Å²) in [6, 6.07) is 10.5. The van der Waals surface area contributed by atoms with Crippen molar-refractivity contribution in [3.8, 4) is 11.1 Å². The van der Waals surface area contributed by atoms with Crippen molar-refractivity contribution in [3.63, 3.8) is 0 Å². The second-order valence-corrected chi connectivity index (χ2v) is 7.11. The number of hydrogen-bond acceptors (Lipinski definition) is 2.